The van der Waals surface area contributed by atoms with Gasteiger partial charge in [-0.15, -0.1) is 0 Å². The molecule has 0 fully saturated rings. The first-order chi connectivity index (χ1) is 9.58. The summed E-state index contributed by atoms with van der Waals surface area (Å²) in [5, 5.41) is 1.41. The Morgan fingerprint density at radius 2 is 1.75 bits per heavy atom. The summed E-state index contributed by atoms with van der Waals surface area (Å²) in [5.74, 6) is 0. The molecule has 0 aliphatic carbocycles. The third-order valence-electron chi connectivity index (χ3n) is 3.28. The van der Waals surface area contributed by atoms with Crippen LogP contribution < -0.4 is 5.43 Å². The first-order valence-electron chi connectivity index (χ1n) is 6.15. The second-order valence-electron chi connectivity index (χ2n) is 4.63. The van der Waals surface area contributed by atoms with Crippen molar-refractivity contribution in [2.45, 2.75) is 6.92 Å². The summed E-state index contributed by atoms with van der Waals surface area (Å²) in [6.45, 7) is 1.87. The van der Waals surface area contributed by atoms with Crippen LogP contribution in [0.2, 0.25) is 10.0 Å². The van der Waals surface area contributed by atoms with Crippen LogP contribution in [0.15, 0.2) is 47.3 Å². The predicted octanol–water partition coefficient (Wildman–Crippen LogP) is 4.81. The van der Waals surface area contributed by atoms with Crippen molar-refractivity contribution in [1.29, 1.82) is 0 Å². The van der Waals surface area contributed by atoms with Gasteiger partial charge in [-0.1, -0.05) is 53.5 Å². The molecule has 20 heavy (non-hydrogen) atoms. The SMILES string of the molecule is Cc1[nH]c2c(Cl)cc(Cl)cc2c(=O)c1-c1ccccc1. The van der Waals surface area contributed by atoms with Crippen LogP contribution in [0.1, 0.15) is 5.69 Å². The highest BCUT2D eigenvalue weighted by molar-refractivity contribution is 6.38. The van der Waals surface area contributed by atoms with Crippen molar-refractivity contribution in [2.24, 2.45) is 0 Å². The van der Waals surface area contributed by atoms with E-state index in [0.717, 1.165) is 11.3 Å². The third-order valence-corrected chi connectivity index (χ3v) is 3.79. The van der Waals surface area contributed by atoms with Gasteiger partial charge >= 0.3 is 0 Å². The molecule has 1 heterocycles. The van der Waals surface area contributed by atoms with Crippen molar-refractivity contribution in [3.8, 4) is 11.1 Å². The Bertz CT molecular complexity index is 854. The van der Waals surface area contributed by atoms with Crippen LogP contribution in [-0.2, 0) is 0 Å². The number of hydrogen-bond acceptors (Lipinski definition) is 1. The molecule has 0 spiro atoms. The molecule has 0 unspecified atom stereocenters. The number of aromatic amines is 1. The fourth-order valence-electron chi connectivity index (χ4n) is 2.39. The number of rotatable bonds is 1. The monoisotopic (exact) mass is 303 g/mol. The maximum Gasteiger partial charge on any atom is 0.197 e. The smallest absolute Gasteiger partial charge is 0.197 e. The molecular weight excluding hydrogens is 293 g/mol. The zero-order chi connectivity index (χ0) is 14.3. The summed E-state index contributed by atoms with van der Waals surface area (Å²) in [6, 6.07) is 12.8. The second kappa shape index (κ2) is 4.97. The van der Waals surface area contributed by atoms with Gasteiger partial charge in [0.15, 0.2) is 5.43 Å². The molecule has 0 bridgehead atoms. The Morgan fingerprint density at radius 1 is 1.05 bits per heavy atom. The number of halogens is 2. The summed E-state index contributed by atoms with van der Waals surface area (Å²) in [4.78, 5) is 15.9. The van der Waals surface area contributed by atoms with Crippen LogP contribution in [0.3, 0.4) is 0 Å². The maximum absolute atomic E-state index is 12.7. The highest BCUT2D eigenvalue weighted by atomic mass is 35.5. The zero-order valence-electron chi connectivity index (χ0n) is 10.7. The molecule has 1 N–H and O–H groups in total. The second-order valence-corrected chi connectivity index (χ2v) is 5.47. The summed E-state index contributed by atoms with van der Waals surface area (Å²) in [5.41, 5.74) is 2.88. The van der Waals surface area contributed by atoms with E-state index in [1.165, 1.54) is 0 Å². The van der Waals surface area contributed by atoms with Gasteiger partial charge in [-0.3, -0.25) is 4.79 Å². The van der Waals surface area contributed by atoms with E-state index in [0.29, 0.717) is 26.5 Å². The molecule has 2 aromatic carbocycles. The van der Waals surface area contributed by atoms with Crippen LogP contribution in [0.4, 0.5) is 0 Å². The van der Waals surface area contributed by atoms with Crippen LogP contribution in [-0.4, -0.2) is 4.98 Å². The molecule has 3 aromatic rings. The Morgan fingerprint density at radius 3 is 2.45 bits per heavy atom. The van der Waals surface area contributed by atoms with E-state index in [9.17, 15) is 4.79 Å². The number of aryl methyl sites for hydroxylation is 1. The van der Waals surface area contributed by atoms with E-state index in [1.807, 2.05) is 37.3 Å². The van der Waals surface area contributed by atoms with Gasteiger partial charge in [0.25, 0.3) is 0 Å². The van der Waals surface area contributed by atoms with Crippen LogP contribution >= 0.6 is 23.2 Å². The van der Waals surface area contributed by atoms with Crippen molar-refractivity contribution < 1.29 is 0 Å². The molecule has 1 aromatic heterocycles. The van der Waals surface area contributed by atoms with Gasteiger partial charge < -0.3 is 4.98 Å². The fourth-order valence-corrected chi connectivity index (χ4v) is 2.93. The van der Waals surface area contributed by atoms with E-state index in [-0.39, 0.29) is 5.43 Å². The van der Waals surface area contributed by atoms with Gasteiger partial charge in [-0.2, -0.15) is 0 Å². The van der Waals surface area contributed by atoms with E-state index in [4.69, 9.17) is 23.2 Å². The van der Waals surface area contributed by atoms with E-state index < -0.39 is 0 Å². The Kier molecular flexibility index (Phi) is 3.28. The van der Waals surface area contributed by atoms with Crippen molar-refractivity contribution in [3.05, 3.63) is 68.4 Å². The lowest BCUT2D eigenvalue weighted by molar-refractivity contribution is 1.24. The summed E-state index contributed by atoms with van der Waals surface area (Å²) in [7, 11) is 0. The Hall–Kier alpha value is -1.77. The van der Waals surface area contributed by atoms with E-state index in [2.05, 4.69) is 4.98 Å². The molecular formula is C16H11Cl2NO. The summed E-state index contributed by atoms with van der Waals surface area (Å²) >= 11 is 12.1. The average molecular weight is 304 g/mol. The van der Waals surface area contributed by atoms with Crippen LogP contribution in [0, 0.1) is 6.92 Å². The molecule has 0 atom stereocenters. The molecule has 0 saturated carbocycles. The third kappa shape index (κ3) is 2.11. The van der Waals surface area contributed by atoms with E-state index in [1.54, 1.807) is 12.1 Å². The van der Waals surface area contributed by atoms with Crippen LogP contribution in [0.25, 0.3) is 22.0 Å². The number of H-pyrrole nitrogens is 1. The van der Waals surface area contributed by atoms with Gasteiger partial charge in [-0.25, -0.2) is 0 Å². The molecule has 0 amide bonds. The number of fused-ring (bicyclic) bond motifs is 1. The molecule has 3 rings (SSSR count). The predicted molar refractivity (Wildman–Crippen MR) is 84.8 cm³/mol. The van der Waals surface area contributed by atoms with Crippen molar-refractivity contribution in [1.82, 2.24) is 4.98 Å². The molecule has 0 aliphatic heterocycles. The van der Waals surface area contributed by atoms with Gasteiger partial charge in [0.2, 0.25) is 0 Å². The largest absolute Gasteiger partial charge is 0.357 e. The normalized spacial score (nSPS) is 10.9. The quantitative estimate of drug-likeness (QED) is 0.687. The minimum Gasteiger partial charge on any atom is -0.357 e. The standard InChI is InChI=1S/C16H11Cl2NO/c1-9-14(10-5-3-2-4-6-10)16(20)12-7-11(17)8-13(18)15(12)19-9/h2-8H,1H3,(H,19,20). The molecule has 4 heteroatoms. The van der Waals surface area contributed by atoms with Gasteiger partial charge in [0.1, 0.15) is 0 Å². The lowest BCUT2D eigenvalue weighted by atomic mass is 10.0. The van der Waals surface area contributed by atoms with Crippen molar-refractivity contribution >= 4 is 34.1 Å². The summed E-state index contributed by atoms with van der Waals surface area (Å²) in [6.07, 6.45) is 0. The fraction of sp³-hybridized carbons (Fsp3) is 0.0625. The van der Waals surface area contributed by atoms with E-state index >= 15 is 0 Å². The highest BCUT2D eigenvalue weighted by Gasteiger charge is 2.13. The van der Waals surface area contributed by atoms with Crippen LogP contribution in [0.5, 0.6) is 0 Å². The Balaban J connectivity index is 2.44. The first-order valence-corrected chi connectivity index (χ1v) is 6.90. The number of nitrogens with one attached hydrogen (secondary N) is 1. The Labute approximate surface area is 126 Å². The van der Waals surface area contributed by atoms with Crippen molar-refractivity contribution in [3.63, 3.8) is 0 Å². The van der Waals surface area contributed by atoms with Gasteiger partial charge in [0.05, 0.1) is 10.5 Å². The molecule has 0 radical (unpaired) electrons. The minimum absolute atomic E-state index is 0.0631. The molecule has 100 valence electrons. The zero-order valence-corrected chi connectivity index (χ0v) is 12.2. The number of pyridine rings is 1. The number of hydrogen-bond donors (Lipinski definition) is 1. The molecule has 0 saturated heterocycles. The molecule has 0 aliphatic rings. The molecule has 2 nitrogen and oxygen atoms in total. The van der Waals surface area contributed by atoms with Gasteiger partial charge in [0, 0.05) is 21.7 Å². The minimum atomic E-state index is -0.0631. The summed E-state index contributed by atoms with van der Waals surface area (Å²) < 4.78 is 0. The first kappa shape index (κ1) is 13.2. The topological polar surface area (TPSA) is 32.9 Å². The number of benzene rings is 2. The lowest BCUT2D eigenvalue weighted by Gasteiger charge is -2.09. The highest BCUT2D eigenvalue weighted by Crippen LogP contribution is 2.28. The van der Waals surface area contributed by atoms with Gasteiger partial charge in [-0.05, 0) is 24.6 Å². The lowest BCUT2D eigenvalue weighted by Crippen LogP contribution is -2.09. The maximum atomic E-state index is 12.7. The number of aromatic nitrogens is 1. The average Bonchev–Trinajstić information content (AvgIpc) is 2.42. The van der Waals surface area contributed by atoms with Crippen molar-refractivity contribution in [2.75, 3.05) is 0 Å².